The smallest absolute Gasteiger partial charge is 0.0705 e. The van der Waals surface area contributed by atoms with Gasteiger partial charge in [0, 0.05) is 17.6 Å². The number of rotatable bonds is 2. The van der Waals surface area contributed by atoms with Crippen molar-refractivity contribution in [1.82, 2.24) is 4.98 Å². The van der Waals surface area contributed by atoms with Crippen molar-refractivity contribution in [2.45, 2.75) is 19.9 Å². The van der Waals surface area contributed by atoms with E-state index in [1.54, 1.807) is 0 Å². The van der Waals surface area contributed by atoms with Crippen molar-refractivity contribution in [2.75, 3.05) is 0 Å². The molecular formula is C12H14N2. The number of nitrogens with zero attached hydrogens (tertiary/aromatic N) is 1. The highest BCUT2D eigenvalue weighted by atomic mass is 14.7. The fourth-order valence-electron chi connectivity index (χ4n) is 1.68. The number of pyridine rings is 1. The molecule has 0 saturated carbocycles. The fourth-order valence-corrected chi connectivity index (χ4v) is 1.68. The minimum Gasteiger partial charge on any atom is -0.326 e. The van der Waals surface area contributed by atoms with Crippen LogP contribution in [0, 0.1) is 0 Å². The second-order valence-electron chi connectivity index (χ2n) is 3.34. The molecule has 0 aliphatic heterocycles. The standard InChI is InChI=1S/C12H14N2/c1-2-11-10(8-13)7-9-5-3-4-6-12(9)14-11/h3-7H,2,8,13H2,1H3. The molecule has 1 aromatic carbocycles. The van der Waals surface area contributed by atoms with E-state index in [-0.39, 0.29) is 0 Å². The summed E-state index contributed by atoms with van der Waals surface area (Å²) in [7, 11) is 0. The van der Waals surface area contributed by atoms with E-state index < -0.39 is 0 Å². The summed E-state index contributed by atoms with van der Waals surface area (Å²) >= 11 is 0. The Balaban J connectivity index is 2.69. The van der Waals surface area contributed by atoms with E-state index >= 15 is 0 Å². The summed E-state index contributed by atoms with van der Waals surface area (Å²) in [6.07, 6.45) is 0.942. The molecule has 0 aliphatic carbocycles. The van der Waals surface area contributed by atoms with Crippen LogP contribution in [0.5, 0.6) is 0 Å². The second-order valence-corrected chi connectivity index (χ2v) is 3.34. The molecule has 0 fully saturated rings. The molecule has 2 N–H and O–H groups in total. The van der Waals surface area contributed by atoms with Gasteiger partial charge in [0.2, 0.25) is 0 Å². The van der Waals surface area contributed by atoms with Crippen molar-refractivity contribution >= 4 is 10.9 Å². The number of benzene rings is 1. The average Bonchev–Trinajstić information content (AvgIpc) is 2.27. The molecule has 0 amide bonds. The van der Waals surface area contributed by atoms with Crippen molar-refractivity contribution in [3.05, 3.63) is 41.6 Å². The molecule has 0 saturated heterocycles. The molecule has 0 unspecified atom stereocenters. The lowest BCUT2D eigenvalue weighted by molar-refractivity contribution is 0.960. The number of aryl methyl sites for hydroxylation is 1. The number of hydrogen-bond donors (Lipinski definition) is 1. The first kappa shape index (κ1) is 9.16. The van der Waals surface area contributed by atoms with E-state index in [2.05, 4.69) is 24.0 Å². The quantitative estimate of drug-likeness (QED) is 0.781. The van der Waals surface area contributed by atoms with E-state index in [1.165, 1.54) is 5.39 Å². The van der Waals surface area contributed by atoms with Gasteiger partial charge in [-0.05, 0) is 24.1 Å². The summed E-state index contributed by atoms with van der Waals surface area (Å²) in [4.78, 5) is 4.58. The van der Waals surface area contributed by atoms with Crippen LogP contribution in [0.2, 0.25) is 0 Å². The molecule has 14 heavy (non-hydrogen) atoms. The number of aromatic nitrogens is 1. The topological polar surface area (TPSA) is 38.9 Å². The Morgan fingerprint density at radius 1 is 1.29 bits per heavy atom. The maximum absolute atomic E-state index is 5.68. The van der Waals surface area contributed by atoms with Crippen LogP contribution in [-0.2, 0) is 13.0 Å². The van der Waals surface area contributed by atoms with Gasteiger partial charge in [0.05, 0.1) is 5.52 Å². The predicted molar refractivity (Wildman–Crippen MR) is 59.0 cm³/mol. The van der Waals surface area contributed by atoms with Gasteiger partial charge in [-0.25, -0.2) is 0 Å². The Labute approximate surface area is 83.8 Å². The van der Waals surface area contributed by atoms with Crippen LogP contribution >= 0.6 is 0 Å². The summed E-state index contributed by atoms with van der Waals surface area (Å²) in [5.74, 6) is 0. The monoisotopic (exact) mass is 186 g/mol. The molecule has 1 heterocycles. The fraction of sp³-hybridized carbons (Fsp3) is 0.250. The number of fused-ring (bicyclic) bond motifs is 1. The summed E-state index contributed by atoms with van der Waals surface area (Å²) in [6, 6.07) is 10.3. The molecule has 0 aliphatic rings. The summed E-state index contributed by atoms with van der Waals surface area (Å²) in [6.45, 7) is 2.68. The molecule has 2 nitrogen and oxygen atoms in total. The van der Waals surface area contributed by atoms with Crippen molar-refractivity contribution < 1.29 is 0 Å². The Kier molecular flexibility index (Phi) is 2.46. The number of nitrogens with two attached hydrogens (primary N) is 1. The first-order valence-corrected chi connectivity index (χ1v) is 4.92. The first-order valence-electron chi connectivity index (χ1n) is 4.92. The van der Waals surface area contributed by atoms with Gasteiger partial charge in [0.1, 0.15) is 0 Å². The predicted octanol–water partition coefficient (Wildman–Crippen LogP) is 2.26. The SMILES string of the molecule is CCc1nc2ccccc2cc1CN. The molecule has 72 valence electrons. The summed E-state index contributed by atoms with van der Waals surface area (Å²) < 4.78 is 0. The van der Waals surface area contributed by atoms with Gasteiger partial charge >= 0.3 is 0 Å². The Hall–Kier alpha value is -1.41. The number of para-hydroxylation sites is 1. The van der Waals surface area contributed by atoms with E-state index in [4.69, 9.17) is 5.73 Å². The molecular weight excluding hydrogens is 172 g/mol. The molecule has 0 radical (unpaired) electrons. The molecule has 2 rings (SSSR count). The van der Waals surface area contributed by atoms with Gasteiger partial charge in [-0.3, -0.25) is 4.98 Å². The van der Waals surface area contributed by atoms with Crippen LogP contribution in [0.25, 0.3) is 10.9 Å². The highest BCUT2D eigenvalue weighted by Gasteiger charge is 2.02. The van der Waals surface area contributed by atoms with Gasteiger partial charge < -0.3 is 5.73 Å². The highest BCUT2D eigenvalue weighted by Crippen LogP contribution is 2.16. The second kappa shape index (κ2) is 3.76. The van der Waals surface area contributed by atoms with Gasteiger partial charge in [-0.15, -0.1) is 0 Å². The lowest BCUT2D eigenvalue weighted by Gasteiger charge is -2.06. The normalized spacial score (nSPS) is 10.7. The molecule has 0 bridgehead atoms. The molecule has 2 heteroatoms. The third kappa shape index (κ3) is 1.49. The highest BCUT2D eigenvalue weighted by molar-refractivity contribution is 5.79. The zero-order valence-electron chi connectivity index (χ0n) is 8.33. The van der Waals surface area contributed by atoms with Crippen molar-refractivity contribution in [2.24, 2.45) is 5.73 Å². The lowest BCUT2D eigenvalue weighted by Crippen LogP contribution is -2.03. The molecule has 2 aromatic rings. The zero-order chi connectivity index (χ0) is 9.97. The molecule has 0 spiro atoms. The van der Waals surface area contributed by atoms with Gasteiger partial charge in [-0.2, -0.15) is 0 Å². The van der Waals surface area contributed by atoms with E-state index in [9.17, 15) is 0 Å². The van der Waals surface area contributed by atoms with Crippen molar-refractivity contribution in [1.29, 1.82) is 0 Å². The Morgan fingerprint density at radius 3 is 2.79 bits per heavy atom. The van der Waals surface area contributed by atoms with Crippen molar-refractivity contribution in [3.8, 4) is 0 Å². The van der Waals surface area contributed by atoms with Crippen LogP contribution in [0.15, 0.2) is 30.3 Å². The van der Waals surface area contributed by atoms with Crippen LogP contribution in [0.3, 0.4) is 0 Å². The maximum Gasteiger partial charge on any atom is 0.0705 e. The van der Waals surface area contributed by atoms with Gasteiger partial charge in [0.25, 0.3) is 0 Å². The average molecular weight is 186 g/mol. The zero-order valence-corrected chi connectivity index (χ0v) is 8.33. The van der Waals surface area contributed by atoms with Gasteiger partial charge in [0.15, 0.2) is 0 Å². The van der Waals surface area contributed by atoms with Crippen LogP contribution < -0.4 is 5.73 Å². The first-order chi connectivity index (χ1) is 6.85. The van der Waals surface area contributed by atoms with Crippen LogP contribution in [-0.4, -0.2) is 4.98 Å². The summed E-state index contributed by atoms with van der Waals surface area (Å²) in [5, 5.41) is 1.17. The van der Waals surface area contributed by atoms with Gasteiger partial charge in [-0.1, -0.05) is 25.1 Å². The van der Waals surface area contributed by atoms with Crippen LogP contribution in [0.1, 0.15) is 18.2 Å². The third-order valence-electron chi connectivity index (χ3n) is 2.45. The number of hydrogen-bond acceptors (Lipinski definition) is 2. The lowest BCUT2D eigenvalue weighted by atomic mass is 10.1. The Bertz CT molecular complexity index is 407. The Morgan fingerprint density at radius 2 is 2.07 bits per heavy atom. The minimum atomic E-state index is 0.570. The molecule has 1 aromatic heterocycles. The van der Waals surface area contributed by atoms with E-state index in [0.717, 1.165) is 23.2 Å². The minimum absolute atomic E-state index is 0.570. The third-order valence-corrected chi connectivity index (χ3v) is 2.45. The van der Waals surface area contributed by atoms with E-state index in [0.29, 0.717) is 6.54 Å². The maximum atomic E-state index is 5.68. The largest absolute Gasteiger partial charge is 0.326 e. The van der Waals surface area contributed by atoms with Crippen LogP contribution in [0.4, 0.5) is 0 Å². The van der Waals surface area contributed by atoms with Crippen molar-refractivity contribution in [3.63, 3.8) is 0 Å². The van der Waals surface area contributed by atoms with E-state index in [1.807, 2.05) is 18.2 Å². The molecule has 0 atom stereocenters. The summed E-state index contributed by atoms with van der Waals surface area (Å²) in [5.41, 5.74) is 9.01.